The van der Waals surface area contributed by atoms with Gasteiger partial charge >= 0.3 is 0 Å². The molecule has 218 valence electrons. The quantitative estimate of drug-likeness (QED) is 0.304. The van der Waals surface area contributed by atoms with Crippen LogP contribution in [0.5, 0.6) is 0 Å². The van der Waals surface area contributed by atoms with Crippen LogP contribution < -0.4 is 9.62 Å². The fourth-order valence-corrected chi connectivity index (χ4v) is 6.88. The van der Waals surface area contributed by atoms with Gasteiger partial charge in [0.2, 0.25) is 11.8 Å². The second-order valence-corrected chi connectivity index (χ2v) is 12.6. The molecule has 1 saturated carbocycles. The zero-order chi connectivity index (χ0) is 29.4. The van der Waals surface area contributed by atoms with Crippen molar-refractivity contribution in [3.8, 4) is 0 Å². The molecule has 1 fully saturated rings. The van der Waals surface area contributed by atoms with Crippen molar-refractivity contribution in [1.29, 1.82) is 0 Å². The van der Waals surface area contributed by atoms with Gasteiger partial charge in [0.15, 0.2) is 0 Å². The fourth-order valence-electron chi connectivity index (χ4n) is 5.44. The first-order chi connectivity index (χ1) is 19.7. The minimum absolute atomic E-state index is 0.101. The van der Waals surface area contributed by atoms with Crippen molar-refractivity contribution in [2.75, 3.05) is 10.8 Å². The Bertz CT molecular complexity index is 1420. The standard InChI is InChI=1S/C33H41N3O4S/c1-4-26-18-20-29(21-19-26)36(41(39,40)30-16-7-6-8-17-30)24-32(37)35(23-27-13-11-12-25(3)22-27)31(5-2)33(38)34-28-14-9-10-15-28/h6-8,11-13,16-22,28,31H,4-5,9-10,14-15,23-24H2,1-3H3,(H,34,38). The van der Waals surface area contributed by atoms with Crippen LogP contribution in [0.15, 0.2) is 83.8 Å². The van der Waals surface area contributed by atoms with E-state index in [0.717, 1.165) is 53.1 Å². The van der Waals surface area contributed by atoms with E-state index in [0.29, 0.717) is 12.1 Å². The lowest BCUT2D eigenvalue weighted by Gasteiger charge is -2.34. The average Bonchev–Trinajstić information content (AvgIpc) is 3.49. The number of anilines is 1. The van der Waals surface area contributed by atoms with Gasteiger partial charge in [-0.3, -0.25) is 13.9 Å². The predicted molar refractivity (Wildman–Crippen MR) is 163 cm³/mol. The van der Waals surface area contributed by atoms with E-state index >= 15 is 0 Å². The Hall–Kier alpha value is -3.65. The fraction of sp³-hybridized carbons (Fsp3) is 0.394. The summed E-state index contributed by atoms with van der Waals surface area (Å²) in [5, 5.41) is 3.15. The average molecular weight is 576 g/mol. The maximum atomic E-state index is 14.2. The van der Waals surface area contributed by atoms with Crippen molar-refractivity contribution in [2.45, 2.75) is 82.8 Å². The lowest BCUT2D eigenvalue weighted by Crippen LogP contribution is -2.53. The molecule has 0 spiro atoms. The first-order valence-corrected chi connectivity index (χ1v) is 16.0. The minimum Gasteiger partial charge on any atom is -0.352 e. The maximum absolute atomic E-state index is 14.2. The molecule has 1 N–H and O–H groups in total. The second kappa shape index (κ2) is 13.8. The molecule has 0 bridgehead atoms. The van der Waals surface area contributed by atoms with E-state index in [4.69, 9.17) is 0 Å². The summed E-state index contributed by atoms with van der Waals surface area (Å²) < 4.78 is 29.0. The molecule has 0 heterocycles. The van der Waals surface area contributed by atoms with E-state index in [1.54, 1.807) is 35.2 Å². The third kappa shape index (κ3) is 7.55. The number of sulfonamides is 1. The lowest BCUT2D eigenvalue weighted by atomic mass is 10.1. The van der Waals surface area contributed by atoms with Crippen molar-refractivity contribution in [2.24, 2.45) is 0 Å². The van der Waals surface area contributed by atoms with Crippen LogP contribution in [0.25, 0.3) is 0 Å². The minimum atomic E-state index is -4.07. The molecule has 1 aliphatic carbocycles. The molecule has 7 nitrogen and oxygen atoms in total. The number of amides is 2. The molecule has 0 radical (unpaired) electrons. The molecular formula is C33H41N3O4S. The first-order valence-electron chi connectivity index (χ1n) is 14.5. The number of nitrogens with one attached hydrogen (secondary N) is 1. The van der Waals surface area contributed by atoms with E-state index in [1.807, 2.05) is 57.2 Å². The normalized spacial score (nSPS) is 14.4. The van der Waals surface area contributed by atoms with Gasteiger partial charge < -0.3 is 10.2 Å². The van der Waals surface area contributed by atoms with Gasteiger partial charge in [-0.25, -0.2) is 8.42 Å². The highest BCUT2D eigenvalue weighted by Crippen LogP contribution is 2.26. The number of carbonyl (C=O) groups is 2. The maximum Gasteiger partial charge on any atom is 0.264 e. The Morgan fingerprint density at radius 2 is 1.59 bits per heavy atom. The third-order valence-corrected chi connectivity index (χ3v) is 9.55. The molecule has 1 unspecified atom stereocenters. The molecule has 1 aliphatic rings. The van der Waals surface area contributed by atoms with Crippen LogP contribution in [-0.2, 0) is 32.6 Å². The van der Waals surface area contributed by atoms with E-state index < -0.39 is 28.5 Å². The summed E-state index contributed by atoms with van der Waals surface area (Å²) in [4.78, 5) is 29.4. The third-order valence-electron chi connectivity index (χ3n) is 7.77. The van der Waals surface area contributed by atoms with Crippen LogP contribution in [0, 0.1) is 6.92 Å². The van der Waals surface area contributed by atoms with Crippen LogP contribution >= 0.6 is 0 Å². The van der Waals surface area contributed by atoms with Gasteiger partial charge in [-0.1, -0.05) is 86.8 Å². The topological polar surface area (TPSA) is 86.8 Å². The second-order valence-electron chi connectivity index (χ2n) is 10.8. The van der Waals surface area contributed by atoms with Crippen molar-refractivity contribution < 1.29 is 18.0 Å². The highest BCUT2D eigenvalue weighted by atomic mass is 32.2. The van der Waals surface area contributed by atoms with Gasteiger partial charge in [-0.15, -0.1) is 0 Å². The number of benzene rings is 3. The Balaban J connectivity index is 1.71. The summed E-state index contributed by atoms with van der Waals surface area (Å²) in [6.45, 7) is 5.67. The van der Waals surface area contributed by atoms with E-state index in [2.05, 4.69) is 5.32 Å². The van der Waals surface area contributed by atoms with Gasteiger partial charge in [0.05, 0.1) is 10.6 Å². The van der Waals surface area contributed by atoms with Gasteiger partial charge in [-0.2, -0.15) is 0 Å². The van der Waals surface area contributed by atoms with Crippen LogP contribution in [-0.4, -0.2) is 43.8 Å². The lowest BCUT2D eigenvalue weighted by molar-refractivity contribution is -0.140. The van der Waals surface area contributed by atoms with E-state index in [9.17, 15) is 18.0 Å². The number of hydrogen-bond acceptors (Lipinski definition) is 4. The molecule has 2 amide bonds. The van der Waals surface area contributed by atoms with Crippen molar-refractivity contribution in [1.82, 2.24) is 10.2 Å². The number of carbonyl (C=O) groups excluding carboxylic acids is 2. The van der Waals surface area contributed by atoms with Crippen LogP contribution in [0.1, 0.15) is 62.6 Å². The summed E-state index contributed by atoms with van der Waals surface area (Å²) in [6, 6.07) is 22.6. The molecule has 41 heavy (non-hydrogen) atoms. The molecule has 4 rings (SSSR count). The molecule has 0 aliphatic heterocycles. The number of nitrogens with zero attached hydrogens (tertiary/aromatic N) is 2. The van der Waals surface area contributed by atoms with Gasteiger partial charge in [0, 0.05) is 12.6 Å². The predicted octanol–water partition coefficient (Wildman–Crippen LogP) is 5.62. The van der Waals surface area contributed by atoms with E-state index in [-0.39, 0.29) is 23.4 Å². The molecule has 0 saturated heterocycles. The highest BCUT2D eigenvalue weighted by Gasteiger charge is 2.34. The van der Waals surface area contributed by atoms with Gasteiger partial charge in [-0.05, 0) is 68.0 Å². The summed E-state index contributed by atoms with van der Waals surface area (Å²) >= 11 is 0. The monoisotopic (exact) mass is 575 g/mol. The molecule has 3 aromatic carbocycles. The molecule has 0 aromatic heterocycles. The van der Waals surface area contributed by atoms with Gasteiger partial charge in [0.25, 0.3) is 10.0 Å². The first kappa shape index (κ1) is 30.3. The Kier molecular flexibility index (Phi) is 10.2. The molecule has 1 atom stereocenters. The zero-order valence-corrected chi connectivity index (χ0v) is 25.1. The Labute approximate surface area is 244 Å². The van der Waals surface area contributed by atoms with E-state index in [1.165, 1.54) is 12.1 Å². The van der Waals surface area contributed by atoms with Crippen molar-refractivity contribution >= 4 is 27.5 Å². The SMILES string of the molecule is CCc1ccc(N(CC(=O)N(Cc2cccc(C)c2)C(CC)C(=O)NC2CCCC2)S(=O)(=O)c2ccccc2)cc1. The Morgan fingerprint density at radius 1 is 0.902 bits per heavy atom. The molecule has 3 aromatic rings. The smallest absolute Gasteiger partial charge is 0.264 e. The van der Waals surface area contributed by atoms with Crippen LogP contribution in [0.3, 0.4) is 0 Å². The highest BCUT2D eigenvalue weighted by molar-refractivity contribution is 7.92. The summed E-state index contributed by atoms with van der Waals surface area (Å²) in [7, 11) is -4.07. The molecular weight excluding hydrogens is 534 g/mol. The number of rotatable bonds is 12. The van der Waals surface area contributed by atoms with Crippen LogP contribution in [0.4, 0.5) is 5.69 Å². The zero-order valence-electron chi connectivity index (χ0n) is 24.3. The van der Waals surface area contributed by atoms with Crippen molar-refractivity contribution in [3.05, 3.63) is 95.6 Å². The summed E-state index contributed by atoms with van der Waals surface area (Å²) in [5.41, 5.74) is 3.39. The summed E-state index contributed by atoms with van der Waals surface area (Å²) in [5.74, 6) is -0.621. The summed E-state index contributed by atoms with van der Waals surface area (Å²) in [6.07, 6.45) is 5.25. The largest absolute Gasteiger partial charge is 0.352 e. The van der Waals surface area contributed by atoms with Crippen LogP contribution in [0.2, 0.25) is 0 Å². The Morgan fingerprint density at radius 3 is 2.20 bits per heavy atom. The van der Waals surface area contributed by atoms with Gasteiger partial charge in [0.1, 0.15) is 12.6 Å². The molecule has 8 heteroatoms. The van der Waals surface area contributed by atoms with Crippen molar-refractivity contribution in [3.63, 3.8) is 0 Å². The number of aryl methyl sites for hydroxylation is 2. The number of hydrogen-bond donors (Lipinski definition) is 1.